The molecule has 2 atom stereocenters. The van der Waals surface area contributed by atoms with E-state index in [4.69, 9.17) is 19.3 Å². The van der Waals surface area contributed by atoms with Gasteiger partial charge in [-0.15, -0.1) is 0 Å². The Kier molecular flexibility index (Phi) is 20.2. The lowest BCUT2D eigenvalue weighted by atomic mass is 10.1. The third-order valence-corrected chi connectivity index (χ3v) is 6.18. The summed E-state index contributed by atoms with van der Waals surface area (Å²) in [6.45, 7) is 16.6. The summed E-state index contributed by atoms with van der Waals surface area (Å²) in [4.78, 5) is 73.9. The zero-order chi connectivity index (χ0) is 37.0. The molecule has 0 saturated carbocycles. The number of amides is 5. The predicted octanol–water partition coefficient (Wildman–Crippen LogP) is 4.52. The van der Waals surface area contributed by atoms with Crippen molar-refractivity contribution in [2.45, 2.75) is 155 Å². The van der Waals surface area contributed by atoms with Crippen molar-refractivity contribution < 1.29 is 48.1 Å². The number of carboxylic acid groups (broad SMARTS) is 1. The smallest absolute Gasteiger partial charge is 0.408 e. The number of aliphatic carboxylic acids is 1. The molecule has 0 rings (SSSR count). The zero-order valence-electron chi connectivity index (χ0n) is 30.5. The number of ether oxygens (including phenoxy) is 3. The molecule has 0 radical (unpaired) electrons. The maximum Gasteiger partial charge on any atom is 0.408 e. The number of rotatable bonds is 20. The summed E-state index contributed by atoms with van der Waals surface area (Å²) in [5, 5.41) is 22.3. The molecule has 0 aromatic rings. The third-order valence-electron chi connectivity index (χ3n) is 6.18. The lowest BCUT2D eigenvalue weighted by Crippen LogP contribution is -2.54. The quantitative estimate of drug-likeness (QED) is 0.0779. The molecule has 0 aromatic heterocycles. The van der Waals surface area contributed by atoms with Crippen LogP contribution in [0.25, 0.3) is 0 Å². The molecule has 5 amide bonds. The molecule has 0 fully saturated rings. The van der Waals surface area contributed by atoms with E-state index in [-0.39, 0.29) is 19.3 Å². The van der Waals surface area contributed by atoms with Gasteiger partial charge in [0.15, 0.2) is 0 Å². The van der Waals surface area contributed by atoms with Gasteiger partial charge in [-0.2, -0.15) is 0 Å². The standard InChI is InChI=1S/C33H61N5O10/c1-31(2,3)46-28(43)35-21-15-12-17-23(26(41)34-20-14-10-11-19-25(39)40)37-27(42)24(38-30(45)48-33(7,8)9)18-13-16-22-36-29(44)47-32(4,5)6/h23-24H,10-22H2,1-9H3,(H,34,41)(H,35,43)(H,36,44)(H,37,42)(H,38,45)(H,39,40)/t23-,24-/m0/s1. The number of hydrogen-bond donors (Lipinski definition) is 6. The normalized spacial score (nSPS) is 12.9. The molecule has 0 aliphatic heterocycles. The third kappa shape index (κ3) is 26.3. The van der Waals surface area contributed by atoms with E-state index in [0.29, 0.717) is 64.6 Å². The van der Waals surface area contributed by atoms with E-state index in [1.165, 1.54) is 0 Å². The Bertz CT molecular complexity index is 1030. The fourth-order valence-electron chi connectivity index (χ4n) is 4.13. The first-order chi connectivity index (χ1) is 22.1. The van der Waals surface area contributed by atoms with Gasteiger partial charge >= 0.3 is 24.2 Å². The molecular weight excluding hydrogens is 626 g/mol. The van der Waals surface area contributed by atoms with Crippen LogP contribution in [-0.4, -0.2) is 89.7 Å². The summed E-state index contributed by atoms with van der Waals surface area (Å²) in [5.74, 6) is -1.87. The molecule has 0 spiro atoms. The van der Waals surface area contributed by atoms with Gasteiger partial charge in [-0.1, -0.05) is 6.42 Å². The Morgan fingerprint density at radius 1 is 0.500 bits per heavy atom. The average Bonchev–Trinajstić information content (AvgIpc) is 2.89. The average molecular weight is 688 g/mol. The van der Waals surface area contributed by atoms with Crippen LogP contribution in [-0.2, 0) is 28.6 Å². The fraction of sp³-hybridized carbons (Fsp3) is 0.818. The molecule has 15 nitrogen and oxygen atoms in total. The zero-order valence-corrected chi connectivity index (χ0v) is 30.5. The van der Waals surface area contributed by atoms with Crippen molar-refractivity contribution in [3.8, 4) is 0 Å². The highest BCUT2D eigenvalue weighted by Crippen LogP contribution is 2.11. The summed E-state index contributed by atoms with van der Waals surface area (Å²) in [6.07, 6.45) is 2.23. The summed E-state index contributed by atoms with van der Waals surface area (Å²) in [7, 11) is 0. The first-order valence-electron chi connectivity index (χ1n) is 16.8. The second kappa shape index (κ2) is 22.0. The number of alkyl carbamates (subject to hydrolysis) is 3. The molecule has 15 heteroatoms. The first kappa shape index (κ1) is 44.2. The predicted molar refractivity (Wildman–Crippen MR) is 180 cm³/mol. The first-order valence-corrected chi connectivity index (χ1v) is 16.8. The van der Waals surface area contributed by atoms with Crippen LogP contribution in [0.4, 0.5) is 14.4 Å². The molecule has 6 N–H and O–H groups in total. The molecule has 278 valence electrons. The van der Waals surface area contributed by atoms with Crippen LogP contribution in [0.5, 0.6) is 0 Å². The molecular formula is C33H61N5O10. The Labute approximate surface area is 285 Å². The topological polar surface area (TPSA) is 210 Å². The van der Waals surface area contributed by atoms with E-state index in [9.17, 15) is 28.8 Å². The van der Waals surface area contributed by atoms with Crippen molar-refractivity contribution in [2.75, 3.05) is 19.6 Å². The summed E-state index contributed by atoms with van der Waals surface area (Å²) in [6, 6.07) is -1.96. The van der Waals surface area contributed by atoms with Crippen LogP contribution in [0.2, 0.25) is 0 Å². The van der Waals surface area contributed by atoms with Gasteiger partial charge in [0.05, 0.1) is 0 Å². The Hall–Kier alpha value is -3.78. The molecule has 0 saturated heterocycles. The number of carboxylic acids is 1. The van der Waals surface area contributed by atoms with Crippen LogP contribution in [0.3, 0.4) is 0 Å². The number of carbonyl (C=O) groups excluding carboxylic acids is 5. The van der Waals surface area contributed by atoms with Gasteiger partial charge in [0.1, 0.15) is 28.9 Å². The van der Waals surface area contributed by atoms with Gasteiger partial charge in [-0.05, 0) is 114 Å². The largest absolute Gasteiger partial charge is 0.481 e. The van der Waals surface area contributed by atoms with E-state index >= 15 is 0 Å². The monoisotopic (exact) mass is 687 g/mol. The van der Waals surface area contributed by atoms with Gasteiger partial charge in [-0.3, -0.25) is 14.4 Å². The van der Waals surface area contributed by atoms with E-state index in [1.54, 1.807) is 62.3 Å². The molecule has 0 unspecified atom stereocenters. The molecule has 48 heavy (non-hydrogen) atoms. The SMILES string of the molecule is CC(C)(C)OC(=O)NCCCC[C@H](NC(=O)OC(C)(C)C)C(=O)N[C@@H](CCCCNC(=O)OC(C)(C)C)C(=O)NCCCCCC(=O)O. The van der Waals surface area contributed by atoms with Crippen molar-refractivity contribution in [3.63, 3.8) is 0 Å². The van der Waals surface area contributed by atoms with Crippen molar-refractivity contribution in [1.29, 1.82) is 0 Å². The van der Waals surface area contributed by atoms with E-state index in [1.807, 2.05) is 0 Å². The summed E-state index contributed by atoms with van der Waals surface area (Å²) in [5.41, 5.74) is -2.07. The van der Waals surface area contributed by atoms with E-state index in [0.717, 1.165) is 0 Å². The van der Waals surface area contributed by atoms with Crippen LogP contribution in [0.15, 0.2) is 0 Å². The minimum atomic E-state index is -1.03. The summed E-state index contributed by atoms with van der Waals surface area (Å²) < 4.78 is 15.8. The maximum absolute atomic E-state index is 13.5. The van der Waals surface area contributed by atoms with Crippen molar-refractivity contribution in [3.05, 3.63) is 0 Å². The Morgan fingerprint density at radius 3 is 1.33 bits per heavy atom. The van der Waals surface area contributed by atoms with Crippen molar-refractivity contribution in [1.82, 2.24) is 26.6 Å². The van der Waals surface area contributed by atoms with Crippen LogP contribution in [0.1, 0.15) is 127 Å². The van der Waals surface area contributed by atoms with Gasteiger partial charge in [0.2, 0.25) is 11.8 Å². The fourth-order valence-corrected chi connectivity index (χ4v) is 4.13. The molecule has 0 bridgehead atoms. The maximum atomic E-state index is 13.5. The summed E-state index contributed by atoms with van der Waals surface area (Å²) >= 11 is 0. The Balaban J connectivity index is 5.42. The molecule has 0 aliphatic carbocycles. The minimum Gasteiger partial charge on any atom is -0.481 e. The number of hydrogen-bond acceptors (Lipinski definition) is 9. The van der Waals surface area contributed by atoms with Gasteiger partial charge in [0.25, 0.3) is 0 Å². The minimum absolute atomic E-state index is 0.0487. The lowest BCUT2D eigenvalue weighted by Gasteiger charge is -2.25. The molecule has 0 aromatic carbocycles. The van der Waals surface area contributed by atoms with Crippen molar-refractivity contribution in [2.24, 2.45) is 0 Å². The Morgan fingerprint density at radius 2 is 0.896 bits per heavy atom. The number of nitrogens with one attached hydrogen (secondary N) is 5. The highest BCUT2D eigenvalue weighted by molar-refractivity contribution is 5.91. The second-order valence-electron chi connectivity index (χ2n) is 14.6. The molecule has 0 heterocycles. The van der Waals surface area contributed by atoms with Crippen molar-refractivity contribution >= 4 is 36.1 Å². The molecule has 0 aliphatic rings. The van der Waals surface area contributed by atoms with Gasteiger partial charge in [-0.25, -0.2) is 14.4 Å². The second-order valence-corrected chi connectivity index (χ2v) is 14.6. The van der Waals surface area contributed by atoms with Crippen LogP contribution < -0.4 is 26.6 Å². The highest BCUT2D eigenvalue weighted by Gasteiger charge is 2.28. The van der Waals surface area contributed by atoms with Crippen LogP contribution in [0, 0.1) is 0 Å². The highest BCUT2D eigenvalue weighted by atomic mass is 16.6. The number of unbranched alkanes of at least 4 members (excludes halogenated alkanes) is 4. The van der Waals surface area contributed by atoms with E-state index in [2.05, 4.69) is 26.6 Å². The lowest BCUT2D eigenvalue weighted by molar-refractivity contribution is -0.137. The van der Waals surface area contributed by atoms with Gasteiger partial charge in [0, 0.05) is 26.1 Å². The van der Waals surface area contributed by atoms with Crippen LogP contribution >= 0.6 is 0 Å². The van der Waals surface area contributed by atoms with Gasteiger partial charge < -0.3 is 45.9 Å². The number of carbonyl (C=O) groups is 6. The van der Waals surface area contributed by atoms with E-state index < -0.39 is 65.0 Å².